The van der Waals surface area contributed by atoms with Crippen molar-refractivity contribution in [3.05, 3.63) is 0 Å². The molecule has 1 spiro atoms. The Kier molecular flexibility index (Phi) is 4.10. The van der Waals surface area contributed by atoms with Crippen LogP contribution in [0.15, 0.2) is 0 Å². The lowest BCUT2D eigenvalue weighted by molar-refractivity contribution is -0.0978. The molecule has 2 rings (SSSR count). The molecule has 2 N–H and O–H groups in total. The fraction of sp³-hybridized carbons (Fsp3) is 1.00. The highest BCUT2D eigenvalue weighted by Gasteiger charge is 2.42. The minimum atomic E-state index is -3.01. The minimum absolute atomic E-state index is 0.119. The van der Waals surface area contributed by atoms with E-state index < -0.39 is 9.84 Å². The van der Waals surface area contributed by atoms with E-state index in [1.54, 1.807) is 0 Å². The van der Waals surface area contributed by atoms with E-state index in [0.717, 1.165) is 12.8 Å². The third kappa shape index (κ3) is 3.01. The molecule has 2 aliphatic rings. The monoisotopic (exact) mass is 261 g/mol. The van der Waals surface area contributed by atoms with Crippen LogP contribution in [-0.2, 0) is 14.6 Å². The topological polar surface area (TPSA) is 69.4 Å². The van der Waals surface area contributed by atoms with Gasteiger partial charge in [0.05, 0.1) is 16.6 Å². The van der Waals surface area contributed by atoms with Crippen molar-refractivity contribution in [3.63, 3.8) is 0 Å². The van der Waals surface area contributed by atoms with Gasteiger partial charge in [0.15, 0.2) is 9.84 Å². The normalized spacial score (nSPS) is 29.4. The molecular weight excluding hydrogens is 238 g/mol. The van der Waals surface area contributed by atoms with Crippen LogP contribution in [0.4, 0.5) is 0 Å². The van der Waals surface area contributed by atoms with Gasteiger partial charge in [-0.25, -0.2) is 8.42 Å². The summed E-state index contributed by atoms with van der Waals surface area (Å²) in [5.74, 6) is 0.119. The average Bonchev–Trinajstić information content (AvgIpc) is 2.30. The van der Waals surface area contributed by atoms with Gasteiger partial charge in [-0.1, -0.05) is 19.3 Å². The fourth-order valence-corrected chi connectivity index (χ4v) is 4.84. The molecule has 0 bridgehead atoms. The zero-order chi connectivity index (χ0) is 12.4. The molecule has 0 radical (unpaired) electrons. The summed E-state index contributed by atoms with van der Waals surface area (Å²) < 4.78 is 30.1. The summed E-state index contributed by atoms with van der Waals surface area (Å²) in [4.78, 5) is 0. The number of hydrogen-bond acceptors (Lipinski definition) is 4. The lowest BCUT2D eigenvalue weighted by atomic mass is 9.80. The van der Waals surface area contributed by atoms with Crippen molar-refractivity contribution in [2.45, 2.75) is 55.8 Å². The van der Waals surface area contributed by atoms with Gasteiger partial charge in [-0.3, -0.25) is 0 Å². The number of rotatable bonds is 3. The number of hydrogen-bond donors (Lipinski definition) is 1. The van der Waals surface area contributed by atoms with Crippen LogP contribution in [0.2, 0.25) is 0 Å². The summed E-state index contributed by atoms with van der Waals surface area (Å²) in [6.45, 7) is 0.821. The van der Waals surface area contributed by atoms with Crippen LogP contribution in [0.5, 0.6) is 0 Å². The van der Waals surface area contributed by atoms with Crippen LogP contribution in [0.3, 0.4) is 0 Å². The Balaban J connectivity index is 2.06. The predicted octanol–water partition coefficient (Wildman–Crippen LogP) is 1.24. The highest BCUT2D eigenvalue weighted by molar-refractivity contribution is 7.92. The van der Waals surface area contributed by atoms with E-state index in [4.69, 9.17) is 10.5 Å². The quantitative estimate of drug-likeness (QED) is 0.830. The third-order valence-corrected chi connectivity index (χ3v) is 6.35. The molecule has 5 heteroatoms. The smallest absolute Gasteiger partial charge is 0.154 e. The van der Waals surface area contributed by atoms with Gasteiger partial charge < -0.3 is 10.5 Å². The second kappa shape index (κ2) is 5.24. The second-order valence-corrected chi connectivity index (χ2v) is 7.76. The molecule has 1 unspecified atom stereocenters. The van der Waals surface area contributed by atoms with Crippen molar-refractivity contribution >= 4 is 9.84 Å². The first-order valence-corrected chi connectivity index (χ1v) is 8.35. The molecule has 100 valence electrons. The van der Waals surface area contributed by atoms with Gasteiger partial charge in [0.1, 0.15) is 0 Å². The van der Waals surface area contributed by atoms with Crippen LogP contribution >= 0.6 is 0 Å². The van der Waals surface area contributed by atoms with Crippen molar-refractivity contribution in [1.82, 2.24) is 0 Å². The first-order valence-electron chi connectivity index (χ1n) is 6.64. The fourth-order valence-electron chi connectivity index (χ4n) is 3.16. The Morgan fingerprint density at radius 2 is 1.94 bits per heavy atom. The maximum absolute atomic E-state index is 12.1. The molecule has 4 nitrogen and oxygen atoms in total. The molecule has 0 aromatic heterocycles. The largest absolute Gasteiger partial charge is 0.375 e. The highest BCUT2D eigenvalue weighted by atomic mass is 32.2. The van der Waals surface area contributed by atoms with E-state index in [0.29, 0.717) is 19.4 Å². The third-order valence-electron chi connectivity index (χ3n) is 4.12. The van der Waals surface area contributed by atoms with Gasteiger partial charge in [0.2, 0.25) is 0 Å². The molecule has 2 fully saturated rings. The van der Waals surface area contributed by atoms with Crippen LogP contribution in [0.1, 0.15) is 44.9 Å². The van der Waals surface area contributed by atoms with Gasteiger partial charge in [0.25, 0.3) is 0 Å². The van der Waals surface area contributed by atoms with Crippen molar-refractivity contribution in [2.24, 2.45) is 5.73 Å². The van der Waals surface area contributed by atoms with Crippen molar-refractivity contribution in [2.75, 3.05) is 18.9 Å². The summed E-state index contributed by atoms with van der Waals surface area (Å²) >= 11 is 0. The van der Waals surface area contributed by atoms with Gasteiger partial charge in [-0.15, -0.1) is 0 Å². The molecule has 0 aromatic carbocycles. The number of sulfone groups is 1. The Morgan fingerprint density at radius 3 is 2.59 bits per heavy atom. The molecule has 1 aliphatic carbocycles. The molecule has 1 saturated heterocycles. The number of ether oxygens (including phenoxy) is 1. The standard InChI is InChI=1S/C12H23NO3S/c13-7-9-17(14,15)11-4-8-16-12(10-11)5-2-1-3-6-12/h11H,1-10,13H2. The number of nitrogens with two attached hydrogens (primary N) is 1. The zero-order valence-corrected chi connectivity index (χ0v) is 11.2. The molecule has 1 saturated carbocycles. The molecule has 0 aromatic rings. The summed E-state index contributed by atoms with van der Waals surface area (Å²) in [5.41, 5.74) is 5.24. The van der Waals surface area contributed by atoms with Gasteiger partial charge >= 0.3 is 0 Å². The van der Waals surface area contributed by atoms with Crippen molar-refractivity contribution in [3.8, 4) is 0 Å². The Hall–Kier alpha value is -0.130. The highest BCUT2D eigenvalue weighted by Crippen LogP contribution is 2.40. The van der Waals surface area contributed by atoms with Gasteiger partial charge in [-0.2, -0.15) is 0 Å². The van der Waals surface area contributed by atoms with E-state index in [1.165, 1.54) is 19.3 Å². The van der Waals surface area contributed by atoms with E-state index in [1.807, 2.05) is 0 Å². The summed E-state index contributed by atoms with van der Waals surface area (Å²) in [6.07, 6.45) is 6.99. The van der Waals surface area contributed by atoms with Crippen molar-refractivity contribution in [1.29, 1.82) is 0 Å². The molecule has 17 heavy (non-hydrogen) atoms. The maximum Gasteiger partial charge on any atom is 0.154 e. The second-order valence-electron chi connectivity index (χ2n) is 5.36. The van der Waals surface area contributed by atoms with E-state index in [-0.39, 0.29) is 23.1 Å². The molecule has 0 amide bonds. The first-order chi connectivity index (χ1) is 8.08. The minimum Gasteiger partial charge on any atom is -0.375 e. The van der Waals surface area contributed by atoms with Crippen molar-refractivity contribution < 1.29 is 13.2 Å². The van der Waals surface area contributed by atoms with Crippen LogP contribution in [0, 0.1) is 0 Å². The summed E-state index contributed by atoms with van der Waals surface area (Å²) in [6, 6.07) is 0. The average molecular weight is 261 g/mol. The molecule has 1 atom stereocenters. The SMILES string of the molecule is NCCS(=O)(=O)C1CCOC2(CCCCC2)C1. The summed E-state index contributed by atoms with van der Waals surface area (Å²) in [7, 11) is -3.01. The first kappa shape index (κ1) is 13.3. The Bertz CT molecular complexity index is 341. The van der Waals surface area contributed by atoms with E-state index in [2.05, 4.69) is 0 Å². The van der Waals surface area contributed by atoms with Gasteiger partial charge in [-0.05, 0) is 25.7 Å². The lowest BCUT2D eigenvalue weighted by Gasteiger charge is -2.43. The molecular formula is C12H23NO3S. The maximum atomic E-state index is 12.1. The van der Waals surface area contributed by atoms with E-state index >= 15 is 0 Å². The van der Waals surface area contributed by atoms with Gasteiger partial charge in [0, 0.05) is 13.2 Å². The molecule has 1 heterocycles. The zero-order valence-electron chi connectivity index (χ0n) is 10.4. The van der Waals surface area contributed by atoms with Crippen LogP contribution in [0.25, 0.3) is 0 Å². The molecule has 1 aliphatic heterocycles. The van der Waals surface area contributed by atoms with E-state index in [9.17, 15) is 8.42 Å². The Morgan fingerprint density at radius 1 is 1.24 bits per heavy atom. The van der Waals surface area contributed by atoms with Crippen LogP contribution in [-0.4, -0.2) is 38.2 Å². The van der Waals surface area contributed by atoms with Crippen LogP contribution < -0.4 is 5.73 Å². The lowest BCUT2D eigenvalue weighted by Crippen LogP contribution is -2.46. The summed E-state index contributed by atoms with van der Waals surface area (Å²) in [5, 5.41) is -0.224. The predicted molar refractivity (Wildman–Crippen MR) is 67.6 cm³/mol. The Labute approximate surface area is 104 Å².